The summed E-state index contributed by atoms with van der Waals surface area (Å²) in [6.45, 7) is 6.45. The largest absolute Gasteiger partial charge is 0.462 e. The number of hydrogen-bond donors (Lipinski definition) is 0. The Labute approximate surface area is 477 Å². The molecule has 0 aliphatic carbocycles. The average molecular weight is 1070 g/mol. The van der Waals surface area contributed by atoms with E-state index in [9.17, 15) is 14.4 Å². The van der Waals surface area contributed by atoms with Crippen LogP contribution in [0, 0.1) is 0 Å². The van der Waals surface area contributed by atoms with Gasteiger partial charge in [-0.1, -0.05) is 291 Å². The molecule has 0 saturated carbocycles. The third-order valence-electron chi connectivity index (χ3n) is 14.1. The van der Waals surface area contributed by atoms with E-state index in [1.54, 1.807) is 0 Å². The highest BCUT2D eigenvalue weighted by atomic mass is 16.6. The van der Waals surface area contributed by atoms with Crippen molar-refractivity contribution in [2.45, 2.75) is 322 Å². The monoisotopic (exact) mass is 1070 g/mol. The lowest BCUT2D eigenvalue weighted by molar-refractivity contribution is -0.167. The van der Waals surface area contributed by atoms with E-state index in [-0.39, 0.29) is 31.1 Å². The Balaban J connectivity index is 4.08. The highest BCUT2D eigenvalue weighted by Crippen LogP contribution is 2.16. The minimum atomic E-state index is -0.783. The van der Waals surface area contributed by atoms with E-state index in [2.05, 4.69) is 118 Å². The first-order valence-electron chi connectivity index (χ1n) is 32.7. The van der Waals surface area contributed by atoms with Crippen LogP contribution in [-0.4, -0.2) is 37.2 Å². The molecule has 0 aromatic heterocycles. The molecule has 0 bridgehead atoms. The number of unbranched alkanes of at least 4 members (excludes halogenated alkanes) is 32. The molecule has 0 N–H and O–H groups in total. The predicted molar refractivity (Wildman–Crippen MR) is 334 cm³/mol. The molecule has 77 heavy (non-hydrogen) atoms. The fourth-order valence-electron chi connectivity index (χ4n) is 9.18. The van der Waals surface area contributed by atoms with E-state index in [1.807, 2.05) is 0 Å². The van der Waals surface area contributed by atoms with Crippen LogP contribution >= 0.6 is 0 Å². The van der Waals surface area contributed by atoms with Gasteiger partial charge in [0.15, 0.2) is 6.10 Å². The Bertz CT molecular complexity index is 1510. The van der Waals surface area contributed by atoms with Gasteiger partial charge in [-0.2, -0.15) is 0 Å². The van der Waals surface area contributed by atoms with Crippen LogP contribution in [0.2, 0.25) is 0 Å². The molecule has 0 aliphatic rings. The van der Waals surface area contributed by atoms with Gasteiger partial charge in [-0.15, -0.1) is 0 Å². The van der Waals surface area contributed by atoms with Crippen molar-refractivity contribution in [3.8, 4) is 0 Å². The Morgan fingerprint density at radius 3 is 0.805 bits per heavy atom. The quantitative estimate of drug-likeness (QED) is 0.0261. The molecule has 442 valence electrons. The third kappa shape index (κ3) is 63.0. The summed E-state index contributed by atoms with van der Waals surface area (Å²) in [6.07, 6.45) is 87.6. The number of hydrogen-bond acceptors (Lipinski definition) is 6. The van der Waals surface area contributed by atoms with Gasteiger partial charge in [0.25, 0.3) is 0 Å². The van der Waals surface area contributed by atoms with Crippen molar-refractivity contribution in [3.05, 3.63) is 97.2 Å². The minimum Gasteiger partial charge on any atom is -0.462 e. The van der Waals surface area contributed by atoms with Gasteiger partial charge in [0.1, 0.15) is 13.2 Å². The summed E-state index contributed by atoms with van der Waals surface area (Å²) in [6, 6.07) is 0. The van der Waals surface area contributed by atoms with Crippen LogP contribution in [0.1, 0.15) is 316 Å². The number of esters is 3. The highest BCUT2D eigenvalue weighted by Gasteiger charge is 2.19. The Morgan fingerprint density at radius 2 is 0.506 bits per heavy atom. The lowest BCUT2D eigenvalue weighted by Crippen LogP contribution is -2.30. The van der Waals surface area contributed by atoms with E-state index in [4.69, 9.17) is 14.2 Å². The van der Waals surface area contributed by atoms with Crippen LogP contribution in [0.3, 0.4) is 0 Å². The first-order chi connectivity index (χ1) is 38.0. The van der Waals surface area contributed by atoms with Crippen molar-refractivity contribution in [3.63, 3.8) is 0 Å². The Kier molecular flexibility index (Phi) is 61.8. The molecule has 0 aliphatic heterocycles. The number of ether oxygens (including phenoxy) is 3. The van der Waals surface area contributed by atoms with Crippen LogP contribution in [0.5, 0.6) is 0 Å². The van der Waals surface area contributed by atoms with Crippen molar-refractivity contribution in [1.82, 2.24) is 0 Å². The van der Waals surface area contributed by atoms with E-state index < -0.39 is 6.10 Å². The number of carbonyl (C=O) groups excluding carboxylic acids is 3. The van der Waals surface area contributed by atoms with Crippen LogP contribution in [-0.2, 0) is 28.6 Å². The van der Waals surface area contributed by atoms with Crippen molar-refractivity contribution < 1.29 is 28.6 Å². The lowest BCUT2D eigenvalue weighted by Gasteiger charge is -2.18. The van der Waals surface area contributed by atoms with Gasteiger partial charge in [-0.25, -0.2) is 0 Å². The molecule has 0 fully saturated rings. The zero-order chi connectivity index (χ0) is 55.7. The maximum absolute atomic E-state index is 12.8. The van der Waals surface area contributed by atoms with Crippen LogP contribution in [0.25, 0.3) is 0 Å². The second kappa shape index (κ2) is 64.9. The standard InChI is InChI=1S/C71H122O6/c1-4-7-10-13-15-17-19-21-23-25-27-29-31-33-35-37-39-41-43-45-47-49-51-53-55-58-61-64-70(73)76-67-68(66-75-69(72)63-60-57-12-9-6-3)77-71(74)65-62-59-56-54-52-50-48-46-44-42-40-38-36-34-32-30-28-26-24-22-20-18-16-14-11-8-5-2/h7,10,15,17,21,23,26-29,33,35,39,41,45,47,68H,4-6,8-9,11-14,16,18-20,22,24-25,30-32,34,36-38,40,42-44,46,48-67H2,1-3H3/b10-7-,17-15-,23-21-,28-26-,29-27-,35-33-,41-39-,47-45-. The van der Waals surface area contributed by atoms with Crippen molar-refractivity contribution in [2.24, 2.45) is 0 Å². The van der Waals surface area contributed by atoms with E-state index in [0.717, 1.165) is 128 Å². The second-order valence-electron chi connectivity index (χ2n) is 21.6. The van der Waals surface area contributed by atoms with Gasteiger partial charge in [0.05, 0.1) is 0 Å². The Hall–Kier alpha value is -3.67. The van der Waals surface area contributed by atoms with Gasteiger partial charge in [0, 0.05) is 19.3 Å². The highest BCUT2D eigenvalue weighted by molar-refractivity contribution is 5.71. The molecule has 6 nitrogen and oxygen atoms in total. The summed E-state index contributed by atoms with van der Waals surface area (Å²) >= 11 is 0. The van der Waals surface area contributed by atoms with Crippen molar-refractivity contribution in [2.75, 3.05) is 13.2 Å². The summed E-state index contributed by atoms with van der Waals surface area (Å²) in [5.74, 6) is -0.908. The number of allylic oxidation sites excluding steroid dienone is 16. The normalized spacial score (nSPS) is 12.7. The van der Waals surface area contributed by atoms with Gasteiger partial charge >= 0.3 is 17.9 Å². The maximum atomic E-state index is 12.8. The molecule has 0 amide bonds. The molecule has 0 heterocycles. The molecule has 0 aromatic carbocycles. The molecule has 0 saturated heterocycles. The number of rotatable bonds is 59. The van der Waals surface area contributed by atoms with Crippen LogP contribution in [0.4, 0.5) is 0 Å². The first-order valence-corrected chi connectivity index (χ1v) is 32.7. The fraction of sp³-hybridized carbons (Fsp3) is 0.732. The number of carbonyl (C=O) groups is 3. The van der Waals surface area contributed by atoms with Crippen LogP contribution < -0.4 is 0 Å². The molecule has 0 aromatic rings. The minimum absolute atomic E-state index is 0.0831. The molecule has 0 radical (unpaired) electrons. The zero-order valence-electron chi connectivity index (χ0n) is 50.7. The summed E-state index contributed by atoms with van der Waals surface area (Å²) in [5, 5.41) is 0. The molecule has 1 unspecified atom stereocenters. The summed E-state index contributed by atoms with van der Waals surface area (Å²) in [4.78, 5) is 37.9. The van der Waals surface area contributed by atoms with E-state index in [1.165, 1.54) is 148 Å². The smallest absolute Gasteiger partial charge is 0.306 e. The third-order valence-corrected chi connectivity index (χ3v) is 14.1. The summed E-state index contributed by atoms with van der Waals surface area (Å²) < 4.78 is 16.8. The molecular weight excluding hydrogens is 949 g/mol. The van der Waals surface area contributed by atoms with Crippen molar-refractivity contribution >= 4 is 17.9 Å². The summed E-state index contributed by atoms with van der Waals surface area (Å²) in [7, 11) is 0. The van der Waals surface area contributed by atoms with Gasteiger partial charge < -0.3 is 14.2 Å². The molecule has 6 heteroatoms. The second-order valence-corrected chi connectivity index (χ2v) is 21.6. The summed E-state index contributed by atoms with van der Waals surface area (Å²) in [5.41, 5.74) is 0. The SMILES string of the molecule is CC/C=C\C/C=C\C/C=C\C/C=C\C/C=C\C/C=C\C/C=C\CCCCCCCC(=O)OCC(COC(=O)CCCCCCC)OC(=O)CCCCCCCCCCCCCCCCC/C=C\CCCCCCCCCC. The fourth-order valence-corrected chi connectivity index (χ4v) is 9.18. The van der Waals surface area contributed by atoms with Gasteiger partial charge in [-0.05, 0) is 103 Å². The zero-order valence-corrected chi connectivity index (χ0v) is 50.7. The lowest BCUT2D eigenvalue weighted by atomic mass is 10.0. The van der Waals surface area contributed by atoms with Gasteiger partial charge in [-0.3, -0.25) is 14.4 Å². The maximum Gasteiger partial charge on any atom is 0.306 e. The van der Waals surface area contributed by atoms with Gasteiger partial charge in [0.2, 0.25) is 0 Å². The first kappa shape index (κ1) is 73.3. The predicted octanol–water partition coefficient (Wildman–Crippen LogP) is 22.4. The van der Waals surface area contributed by atoms with Crippen molar-refractivity contribution in [1.29, 1.82) is 0 Å². The van der Waals surface area contributed by atoms with E-state index >= 15 is 0 Å². The van der Waals surface area contributed by atoms with Crippen LogP contribution in [0.15, 0.2) is 97.2 Å². The van der Waals surface area contributed by atoms with E-state index in [0.29, 0.717) is 19.3 Å². The molecule has 0 rings (SSSR count). The topological polar surface area (TPSA) is 78.9 Å². The molecule has 1 atom stereocenters. The Morgan fingerprint density at radius 1 is 0.273 bits per heavy atom. The molecular formula is C71H122O6. The molecule has 0 spiro atoms. The average Bonchev–Trinajstić information content (AvgIpc) is 3.43.